The Labute approximate surface area is 158 Å². The van der Waals surface area contributed by atoms with Crippen molar-refractivity contribution in [1.29, 1.82) is 5.26 Å². The van der Waals surface area contributed by atoms with E-state index in [0.717, 1.165) is 11.3 Å². The molecule has 0 radical (unpaired) electrons. The van der Waals surface area contributed by atoms with E-state index in [1.165, 1.54) is 18.7 Å². The molecule has 0 fully saturated rings. The van der Waals surface area contributed by atoms with Crippen LogP contribution >= 0.6 is 0 Å². The average molecular weight is 367 g/mol. The van der Waals surface area contributed by atoms with Crippen LogP contribution in [0.25, 0.3) is 6.08 Å². The van der Waals surface area contributed by atoms with Crippen LogP contribution in [-0.4, -0.2) is 31.4 Å². The second-order valence-electron chi connectivity index (χ2n) is 5.83. The van der Waals surface area contributed by atoms with Crippen molar-refractivity contribution in [3.63, 3.8) is 0 Å². The molecule has 2 aromatic carbocycles. The van der Waals surface area contributed by atoms with Gasteiger partial charge in [-0.25, -0.2) is 4.79 Å². The molecule has 0 heterocycles. The van der Waals surface area contributed by atoms with E-state index in [1.54, 1.807) is 24.3 Å². The third kappa shape index (κ3) is 5.51. The first kappa shape index (κ1) is 19.9. The van der Waals surface area contributed by atoms with Gasteiger partial charge in [-0.05, 0) is 60.9 Å². The maximum atomic E-state index is 10.9. The molecule has 0 amide bonds. The highest BCUT2D eigenvalue weighted by Crippen LogP contribution is 2.29. The van der Waals surface area contributed by atoms with Crippen LogP contribution in [0.3, 0.4) is 0 Å². The van der Waals surface area contributed by atoms with Crippen LogP contribution in [0, 0.1) is 25.2 Å². The monoisotopic (exact) mass is 367 g/mol. The number of aliphatic carboxylic acids is 1. The fraction of sp³-hybridized carbons (Fsp3) is 0.238. The molecule has 0 atom stereocenters. The lowest BCUT2D eigenvalue weighted by Gasteiger charge is -2.12. The molecule has 1 N–H and O–H groups in total. The SMILES string of the molecule is COc1cc(C=C(C#N)C(=O)O)ccc1OCCOc1ccc(C)c(C)c1. The van der Waals surface area contributed by atoms with Gasteiger partial charge in [0.05, 0.1) is 7.11 Å². The predicted molar refractivity (Wildman–Crippen MR) is 101 cm³/mol. The lowest BCUT2D eigenvalue weighted by Crippen LogP contribution is -2.09. The Kier molecular flexibility index (Phi) is 6.84. The van der Waals surface area contributed by atoms with Crippen molar-refractivity contribution in [2.24, 2.45) is 0 Å². The third-order valence-corrected chi connectivity index (χ3v) is 3.94. The first-order valence-corrected chi connectivity index (χ1v) is 8.30. The van der Waals surface area contributed by atoms with E-state index < -0.39 is 5.97 Å². The minimum absolute atomic E-state index is 0.317. The molecule has 140 valence electrons. The standard InChI is InChI=1S/C21H21NO5/c1-14-4-6-18(10-15(14)2)26-8-9-27-19-7-5-16(12-20(19)25-3)11-17(13-22)21(23)24/h4-7,10-12H,8-9H2,1-3H3,(H,23,24). The van der Waals surface area contributed by atoms with Gasteiger partial charge >= 0.3 is 5.97 Å². The number of carboxylic acids is 1. The number of benzene rings is 2. The number of carbonyl (C=O) groups is 1. The quantitative estimate of drug-likeness (QED) is 0.434. The summed E-state index contributed by atoms with van der Waals surface area (Å²) in [6, 6.07) is 12.5. The zero-order chi connectivity index (χ0) is 19.8. The Hall–Kier alpha value is -3.46. The topological polar surface area (TPSA) is 88.8 Å². The fourth-order valence-corrected chi connectivity index (χ4v) is 2.32. The molecule has 0 aliphatic rings. The molecule has 2 rings (SSSR count). The van der Waals surface area contributed by atoms with Crippen LogP contribution in [0.15, 0.2) is 42.0 Å². The molecule has 0 unspecified atom stereocenters. The maximum absolute atomic E-state index is 10.9. The van der Waals surface area contributed by atoms with Crippen LogP contribution < -0.4 is 14.2 Å². The summed E-state index contributed by atoms with van der Waals surface area (Å²) in [5.74, 6) is 0.455. The molecule has 6 heteroatoms. The van der Waals surface area contributed by atoms with E-state index in [4.69, 9.17) is 24.6 Å². The zero-order valence-electron chi connectivity index (χ0n) is 15.5. The van der Waals surface area contributed by atoms with E-state index in [-0.39, 0.29) is 5.57 Å². The Morgan fingerprint density at radius 3 is 2.44 bits per heavy atom. The number of hydrogen-bond acceptors (Lipinski definition) is 5. The summed E-state index contributed by atoms with van der Waals surface area (Å²) in [5.41, 5.74) is 2.55. The lowest BCUT2D eigenvalue weighted by atomic mass is 10.1. The van der Waals surface area contributed by atoms with Gasteiger partial charge in [0.1, 0.15) is 30.6 Å². The van der Waals surface area contributed by atoms with E-state index >= 15 is 0 Å². The summed E-state index contributed by atoms with van der Waals surface area (Å²) in [6.07, 6.45) is 1.28. The van der Waals surface area contributed by atoms with E-state index in [9.17, 15) is 4.79 Å². The summed E-state index contributed by atoms with van der Waals surface area (Å²) in [7, 11) is 1.49. The number of hydrogen-bond donors (Lipinski definition) is 1. The molecular formula is C21H21NO5. The van der Waals surface area contributed by atoms with Gasteiger partial charge in [-0.3, -0.25) is 0 Å². The van der Waals surface area contributed by atoms with Crippen molar-refractivity contribution in [3.8, 4) is 23.3 Å². The Morgan fingerprint density at radius 2 is 1.81 bits per heavy atom. The van der Waals surface area contributed by atoms with Gasteiger partial charge in [0.25, 0.3) is 0 Å². The number of nitriles is 1. The minimum Gasteiger partial charge on any atom is -0.493 e. The van der Waals surface area contributed by atoms with Gasteiger partial charge < -0.3 is 19.3 Å². The van der Waals surface area contributed by atoms with Crippen LogP contribution in [-0.2, 0) is 4.79 Å². The third-order valence-electron chi connectivity index (χ3n) is 3.94. The Morgan fingerprint density at radius 1 is 1.07 bits per heavy atom. The zero-order valence-corrected chi connectivity index (χ0v) is 15.5. The molecule has 0 saturated heterocycles. The molecule has 0 spiro atoms. The molecule has 27 heavy (non-hydrogen) atoms. The van der Waals surface area contributed by atoms with Crippen molar-refractivity contribution in [2.75, 3.05) is 20.3 Å². The Balaban J connectivity index is 1.99. The van der Waals surface area contributed by atoms with Gasteiger partial charge in [-0.15, -0.1) is 0 Å². The summed E-state index contributed by atoms with van der Waals surface area (Å²) in [5, 5.41) is 17.8. The molecule has 0 bridgehead atoms. The summed E-state index contributed by atoms with van der Waals surface area (Å²) < 4.78 is 16.6. The number of rotatable bonds is 8. The normalized spacial score (nSPS) is 10.8. The highest BCUT2D eigenvalue weighted by Gasteiger charge is 2.09. The molecule has 6 nitrogen and oxygen atoms in total. The molecule has 0 saturated carbocycles. The minimum atomic E-state index is -1.28. The second kappa shape index (κ2) is 9.30. The van der Waals surface area contributed by atoms with Gasteiger partial charge in [-0.1, -0.05) is 12.1 Å². The number of methoxy groups -OCH3 is 1. The lowest BCUT2D eigenvalue weighted by molar-refractivity contribution is -0.132. The van der Waals surface area contributed by atoms with Crippen LogP contribution in [0.1, 0.15) is 16.7 Å². The van der Waals surface area contributed by atoms with Crippen LogP contribution in [0.2, 0.25) is 0 Å². The van der Waals surface area contributed by atoms with Gasteiger partial charge in [0.15, 0.2) is 11.5 Å². The van der Waals surface area contributed by atoms with Crippen LogP contribution in [0.4, 0.5) is 0 Å². The van der Waals surface area contributed by atoms with Gasteiger partial charge in [0.2, 0.25) is 0 Å². The van der Waals surface area contributed by atoms with Gasteiger partial charge in [-0.2, -0.15) is 5.26 Å². The number of carboxylic acid groups (broad SMARTS) is 1. The largest absolute Gasteiger partial charge is 0.493 e. The molecular weight excluding hydrogens is 346 g/mol. The number of aryl methyl sites for hydroxylation is 2. The smallest absolute Gasteiger partial charge is 0.346 e. The van der Waals surface area contributed by atoms with Crippen molar-refractivity contribution < 1.29 is 24.1 Å². The maximum Gasteiger partial charge on any atom is 0.346 e. The molecule has 0 aliphatic carbocycles. The van der Waals surface area contributed by atoms with Crippen molar-refractivity contribution in [1.82, 2.24) is 0 Å². The van der Waals surface area contributed by atoms with Crippen molar-refractivity contribution in [3.05, 3.63) is 58.7 Å². The predicted octanol–water partition coefficient (Wildman–Crippen LogP) is 3.76. The second-order valence-corrected chi connectivity index (χ2v) is 5.83. The van der Waals surface area contributed by atoms with E-state index in [1.807, 2.05) is 32.0 Å². The van der Waals surface area contributed by atoms with Crippen LogP contribution in [0.5, 0.6) is 17.2 Å². The Bertz CT molecular complexity index is 896. The highest BCUT2D eigenvalue weighted by molar-refractivity contribution is 5.96. The van der Waals surface area contributed by atoms with Gasteiger partial charge in [0, 0.05) is 0 Å². The molecule has 2 aromatic rings. The molecule has 0 aromatic heterocycles. The van der Waals surface area contributed by atoms with Crippen molar-refractivity contribution >= 4 is 12.0 Å². The summed E-state index contributed by atoms with van der Waals surface area (Å²) >= 11 is 0. The number of ether oxygens (including phenoxy) is 3. The fourth-order valence-electron chi connectivity index (χ4n) is 2.32. The highest BCUT2D eigenvalue weighted by atomic mass is 16.5. The van der Waals surface area contributed by atoms with Crippen molar-refractivity contribution in [2.45, 2.75) is 13.8 Å². The first-order valence-electron chi connectivity index (χ1n) is 8.30. The molecule has 0 aliphatic heterocycles. The first-order chi connectivity index (χ1) is 12.9. The van der Waals surface area contributed by atoms with E-state index in [0.29, 0.717) is 30.3 Å². The number of nitrogens with zero attached hydrogens (tertiary/aromatic N) is 1. The average Bonchev–Trinajstić information content (AvgIpc) is 2.66. The summed E-state index contributed by atoms with van der Waals surface area (Å²) in [4.78, 5) is 10.9. The van der Waals surface area contributed by atoms with E-state index in [2.05, 4.69) is 0 Å². The summed E-state index contributed by atoms with van der Waals surface area (Å²) in [6.45, 7) is 4.76.